The molecule has 0 bridgehead atoms. The van der Waals surface area contributed by atoms with Crippen LogP contribution in [0.3, 0.4) is 0 Å². The topological polar surface area (TPSA) is 30.2 Å². The van der Waals surface area contributed by atoms with Gasteiger partial charge in [-0.15, -0.1) is 11.8 Å². The molecular formula is C22H13Cl3O2S. The van der Waals surface area contributed by atoms with E-state index in [-0.39, 0.29) is 5.78 Å². The average Bonchev–Trinajstić information content (AvgIpc) is 3.06. The summed E-state index contributed by atoms with van der Waals surface area (Å²) in [6, 6.07) is 19.8. The van der Waals surface area contributed by atoms with E-state index in [1.54, 1.807) is 36.4 Å². The molecule has 0 aliphatic carbocycles. The number of rotatable bonds is 5. The highest BCUT2D eigenvalue weighted by Crippen LogP contribution is 2.36. The molecule has 0 saturated carbocycles. The maximum absolute atomic E-state index is 13.1. The lowest BCUT2D eigenvalue weighted by Crippen LogP contribution is -2.02. The molecule has 0 aliphatic rings. The molecule has 4 rings (SSSR count). The highest BCUT2D eigenvalue weighted by atomic mass is 35.5. The first-order valence-corrected chi connectivity index (χ1v) is 10.5. The molecule has 0 fully saturated rings. The van der Waals surface area contributed by atoms with E-state index in [9.17, 15) is 4.79 Å². The Morgan fingerprint density at radius 2 is 1.61 bits per heavy atom. The molecule has 0 radical (unpaired) electrons. The minimum atomic E-state index is -0.175. The number of fused-ring (bicyclic) bond motifs is 1. The van der Waals surface area contributed by atoms with Gasteiger partial charge in [0.1, 0.15) is 5.58 Å². The van der Waals surface area contributed by atoms with Crippen LogP contribution in [0.4, 0.5) is 0 Å². The molecule has 4 aromatic rings. The summed E-state index contributed by atoms with van der Waals surface area (Å²) in [5.74, 6) is 0.694. The van der Waals surface area contributed by atoms with Crippen molar-refractivity contribution < 1.29 is 9.21 Å². The van der Waals surface area contributed by atoms with Gasteiger partial charge >= 0.3 is 0 Å². The summed E-state index contributed by atoms with van der Waals surface area (Å²) in [6.07, 6.45) is 0. The van der Waals surface area contributed by atoms with E-state index in [0.717, 1.165) is 15.8 Å². The first kappa shape index (κ1) is 19.4. The van der Waals surface area contributed by atoms with Crippen LogP contribution in [-0.4, -0.2) is 5.78 Å². The number of para-hydroxylation sites is 1. The third-order valence-corrected chi connectivity index (χ3v) is 6.29. The number of hydrogen-bond acceptors (Lipinski definition) is 3. The van der Waals surface area contributed by atoms with Crippen LogP contribution >= 0.6 is 46.6 Å². The summed E-state index contributed by atoms with van der Waals surface area (Å²) in [7, 11) is 0. The van der Waals surface area contributed by atoms with Gasteiger partial charge < -0.3 is 4.42 Å². The maximum Gasteiger partial charge on any atom is 0.228 e. The fourth-order valence-electron chi connectivity index (χ4n) is 2.90. The summed E-state index contributed by atoms with van der Waals surface area (Å²) >= 11 is 19.7. The van der Waals surface area contributed by atoms with E-state index in [1.807, 2.05) is 30.3 Å². The molecule has 0 atom stereocenters. The molecule has 1 aromatic heterocycles. The third kappa shape index (κ3) is 3.94. The molecule has 0 N–H and O–H groups in total. The molecule has 0 aliphatic heterocycles. The van der Waals surface area contributed by atoms with Crippen molar-refractivity contribution in [2.45, 2.75) is 10.6 Å². The predicted octanol–water partition coefficient (Wildman–Crippen LogP) is 7.92. The number of hydrogen-bond donors (Lipinski definition) is 0. The van der Waals surface area contributed by atoms with Gasteiger partial charge in [-0.25, -0.2) is 0 Å². The number of ketones is 1. The van der Waals surface area contributed by atoms with E-state index < -0.39 is 0 Å². The first-order valence-electron chi connectivity index (χ1n) is 8.41. The zero-order valence-electron chi connectivity index (χ0n) is 14.4. The number of halogens is 3. The number of thioether (sulfide) groups is 1. The van der Waals surface area contributed by atoms with Crippen molar-refractivity contribution in [1.29, 1.82) is 0 Å². The van der Waals surface area contributed by atoms with Gasteiger partial charge in [-0.1, -0.05) is 53.0 Å². The van der Waals surface area contributed by atoms with Crippen LogP contribution in [0.5, 0.6) is 0 Å². The van der Waals surface area contributed by atoms with Crippen molar-refractivity contribution in [3.05, 3.63) is 98.7 Å². The molecular weight excluding hydrogens is 435 g/mol. The quantitative estimate of drug-likeness (QED) is 0.230. The smallest absolute Gasteiger partial charge is 0.228 e. The Morgan fingerprint density at radius 1 is 0.893 bits per heavy atom. The summed E-state index contributed by atoms with van der Waals surface area (Å²) in [5.41, 5.74) is 2.04. The molecule has 0 spiro atoms. The van der Waals surface area contributed by atoms with Gasteiger partial charge in [0, 0.05) is 37.2 Å². The Kier molecular flexibility index (Phi) is 5.70. The van der Waals surface area contributed by atoms with Gasteiger partial charge in [-0.05, 0) is 48.5 Å². The van der Waals surface area contributed by atoms with Crippen LogP contribution < -0.4 is 0 Å². The monoisotopic (exact) mass is 446 g/mol. The lowest BCUT2D eigenvalue weighted by Gasteiger charge is -2.06. The zero-order chi connectivity index (χ0) is 19.7. The van der Waals surface area contributed by atoms with Gasteiger partial charge in [0.25, 0.3) is 0 Å². The lowest BCUT2D eigenvalue weighted by atomic mass is 10.0. The summed E-state index contributed by atoms with van der Waals surface area (Å²) < 4.78 is 5.93. The average molecular weight is 448 g/mol. The Labute approximate surface area is 181 Å². The Morgan fingerprint density at radius 3 is 2.36 bits per heavy atom. The minimum absolute atomic E-state index is 0.175. The molecule has 140 valence electrons. The molecule has 2 nitrogen and oxygen atoms in total. The Balaban J connectivity index is 1.72. The van der Waals surface area contributed by atoms with Crippen molar-refractivity contribution in [3.63, 3.8) is 0 Å². The van der Waals surface area contributed by atoms with Gasteiger partial charge in [-0.2, -0.15) is 0 Å². The molecule has 6 heteroatoms. The van der Waals surface area contributed by atoms with Crippen molar-refractivity contribution in [3.8, 4) is 0 Å². The van der Waals surface area contributed by atoms with E-state index in [0.29, 0.717) is 37.7 Å². The first-order chi connectivity index (χ1) is 13.5. The van der Waals surface area contributed by atoms with Gasteiger partial charge in [-0.3, -0.25) is 4.79 Å². The third-order valence-electron chi connectivity index (χ3n) is 4.28. The van der Waals surface area contributed by atoms with E-state index >= 15 is 0 Å². The second kappa shape index (κ2) is 8.22. The highest BCUT2D eigenvalue weighted by Gasteiger charge is 2.22. The van der Waals surface area contributed by atoms with Crippen molar-refractivity contribution >= 4 is 63.3 Å². The van der Waals surface area contributed by atoms with Crippen molar-refractivity contribution in [2.75, 3.05) is 0 Å². The molecule has 0 saturated heterocycles. The molecule has 0 amide bonds. The van der Waals surface area contributed by atoms with E-state index in [1.165, 1.54) is 11.8 Å². The minimum Gasteiger partial charge on any atom is -0.452 e. The largest absolute Gasteiger partial charge is 0.452 e. The van der Waals surface area contributed by atoms with Crippen LogP contribution in [0.1, 0.15) is 21.7 Å². The normalized spacial score (nSPS) is 11.1. The second-order valence-electron chi connectivity index (χ2n) is 6.11. The van der Waals surface area contributed by atoms with Crippen LogP contribution in [0, 0.1) is 0 Å². The standard InChI is InChI=1S/C22H13Cl3O2S/c23-14-7-5-13(6-8-14)21(26)22-17(16-3-1-2-4-19(16)27-22)12-28-20-10-9-15(24)11-18(20)25/h1-11H,12H2. The summed E-state index contributed by atoms with van der Waals surface area (Å²) in [4.78, 5) is 14.0. The van der Waals surface area contributed by atoms with Crippen LogP contribution in [0.2, 0.25) is 15.1 Å². The molecule has 1 heterocycles. The van der Waals surface area contributed by atoms with Gasteiger partial charge in [0.2, 0.25) is 5.78 Å². The maximum atomic E-state index is 13.1. The number of furan rings is 1. The summed E-state index contributed by atoms with van der Waals surface area (Å²) in [5, 5.41) is 2.66. The zero-order valence-corrected chi connectivity index (χ0v) is 17.5. The summed E-state index contributed by atoms with van der Waals surface area (Å²) in [6.45, 7) is 0. The fourth-order valence-corrected chi connectivity index (χ4v) is 4.55. The number of benzene rings is 3. The van der Waals surface area contributed by atoms with Crippen LogP contribution in [0.25, 0.3) is 11.0 Å². The number of carbonyl (C=O) groups is 1. The highest BCUT2D eigenvalue weighted by molar-refractivity contribution is 7.98. The number of carbonyl (C=O) groups excluding carboxylic acids is 1. The van der Waals surface area contributed by atoms with Gasteiger partial charge in [0.05, 0.1) is 5.02 Å². The fraction of sp³-hybridized carbons (Fsp3) is 0.0455. The molecule has 28 heavy (non-hydrogen) atoms. The Bertz CT molecular complexity index is 1170. The van der Waals surface area contributed by atoms with E-state index in [4.69, 9.17) is 39.2 Å². The van der Waals surface area contributed by atoms with Crippen molar-refractivity contribution in [1.82, 2.24) is 0 Å². The van der Waals surface area contributed by atoms with Crippen LogP contribution in [0.15, 0.2) is 76.0 Å². The second-order valence-corrected chi connectivity index (χ2v) is 8.40. The molecule has 3 aromatic carbocycles. The predicted molar refractivity (Wildman–Crippen MR) is 117 cm³/mol. The molecule has 0 unspecified atom stereocenters. The Hall–Kier alpha value is -1.91. The van der Waals surface area contributed by atoms with E-state index in [2.05, 4.69) is 0 Å². The van der Waals surface area contributed by atoms with Crippen LogP contribution in [-0.2, 0) is 5.75 Å². The lowest BCUT2D eigenvalue weighted by molar-refractivity contribution is 0.101. The van der Waals surface area contributed by atoms with Gasteiger partial charge in [0.15, 0.2) is 5.76 Å². The SMILES string of the molecule is O=C(c1ccc(Cl)cc1)c1oc2ccccc2c1CSc1ccc(Cl)cc1Cl. The van der Waals surface area contributed by atoms with Crippen molar-refractivity contribution in [2.24, 2.45) is 0 Å².